The minimum Gasteiger partial charge on any atom is -0.339 e. The summed E-state index contributed by atoms with van der Waals surface area (Å²) < 4.78 is 14.9. The van der Waals surface area contributed by atoms with Gasteiger partial charge in [0.25, 0.3) is 5.91 Å². The summed E-state index contributed by atoms with van der Waals surface area (Å²) in [7, 11) is 0. The highest BCUT2D eigenvalue weighted by Crippen LogP contribution is 2.23. The van der Waals surface area contributed by atoms with Crippen LogP contribution in [-0.2, 0) is 0 Å². The molecular formula is C20H22FN5O. The molecule has 1 amide bonds. The topological polar surface area (TPSA) is 77.0 Å². The zero-order chi connectivity index (χ0) is 19.0. The number of carbonyl (C=O) groups excluding carboxylic acids is 1. The van der Waals surface area contributed by atoms with Gasteiger partial charge in [-0.15, -0.1) is 0 Å². The predicted octanol–water partition coefficient (Wildman–Crippen LogP) is 2.68. The van der Waals surface area contributed by atoms with Gasteiger partial charge in [-0.3, -0.25) is 4.79 Å². The maximum absolute atomic E-state index is 13.2. The molecule has 4 rings (SSSR count). The number of rotatable bonds is 3. The van der Waals surface area contributed by atoms with Crippen LogP contribution in [0.15, 0.2) is 36.5 Å². The van der Waals surface area contributed by atoms with E-state index in [2.05, 4.69) is 10.1 Å². The molecule has 0 bridgehead atoms. The second-order valence-corrected chi connectivity index (χ2v) is 7.04. The van der Waals surface area contributed by atoms with E-state index >= 15 is 0 Å². The Labute approximate surface area is 156 Å². The third kappa shape index (κ3) is 3.30. The molecule has 1 saturated heterocycles. The van der Waals surface area contributed by atoms with Crippen molar-refractivity contribution < 1.29 is 9.18 Å². The molecule has 0 spiro atoms. The highest BCUT2D eigenvalue weighted by atomic mass is 19.1. The second-order valence-electron chi connectivity index (χ2n) is 7.04. The molecule has 2 aromatic heterocycles. The molecule has 1 fully saturated rings. The number of aryl methyl sites for hydroxylation is 1. The van der Waals surface area contributed by atoms with Crippen molar-refractivity contribution in [3.63, 3.8) is 0 Å². The van der Waals surface area contributed by atoms with E-state index < -0.39 is 0 Å². The monoisotopic (exact) mass is 367 g/mol. The Balaban J connectivity index is 1.64. The van der Waals surface area contributed by atoms with E-state index in [0.29, 0.717) is 23.7 Å². The number of hydrogen-bond acceptors (Lipinski definition) is 4. The molecule has 0 radical (unpaired) electrons. The number of piperidine rings is 1. The first-order valence-corrected chi connectivity index (χ1v) is 9.17. The maximum atomic E-state index is 13.2. The van der Waals surface area contributed by atoms with Gasteiger partial charge in [0.15, 0.2) is 5.65 Å². The van der Waals surface area contributed by atoms with Crippen molar-refractivity contribution in [3.05, 3.63) is 53.6 Å². The van der Waals surface area contributed by atoms with Crippen LogP contribution in [0.4, 0.5) is 4.39 Å². The van der Waals surface area contributed by atoms with Gasteiger partial charge in [-0.05, 0) is 62.6 Å². The van der Waals surface area contributed by atoms with Crippen LogP contribution in [0.25, 0.3) is 16.7 Å². The average molecular weight is 367 g/mol. The van der Waals surface area contributed by atoms with Crippen LogP contribution < -0.4 is 5.73 Å². The van der Waals surface area contributed by atoms with E-state index in [1.54, 1.807) is 23.0 Å². The molecule has 1 aliphatic heterocycles. The fraction of sp³-hybridized carbons (Fsp3) is 0.350. The van der Waals surface area contributed by atoms with Gasteiger partial charge in [0.05, 0.1) is 16.9 Å². The highest BCUT2D eigenvalue weighted by Gasteiger charge is 2.24. The lowest BCUT2D eigenvalue weighted by atomic mass is 9.96. The van der Waals surface area contributed by atoms with E-state index in [1.165, 1.54) is 12.1 Å². The van der Waals surface area contributed by atoms with Gasteiger partial charge < -0.3 is 10.6 Å². The van der Waals surface area contributed by atoms with Crippen LogP contribution in [0, 0.1) is 18.7 Å². The fourth-order valence-electron chi connectivity index (χ4n) is 3.58. The predicted molar refractivity (Wildman–Crippen MR) is 101 cm³/mol. The third-order valence-corrected chi connectivity index (χ3v) is 5.26. The third-order valence-electron chi connectivity index (χ3n) is 5.26. The van der Waals surface area contributed by atoms with Crippen LogP contribution in [0.5, 0.6) is 0 Å². The molecule has 7 heteroatoms. The summed E-state index contributed by atoms with van der Waals surface area (Å²) in [4.78, 5) is 19.2. The van der Waals surface area contributed by atoms with Gasteiger partial charge in [-0.2, -0.15) is 5.10 Å². The average Bonchev–Trinajstić information content (AvgIpc) is 3.04. The molecular weight excluding hydrogens is 345 g/mol. The number of hydrogen-bond donors (Lipinski definition) is 1. The lowest BCUT2D eigenvalue weighted by molar-refractivity contribution is 0.0693. The lowest BCUT2D eigenvalue weighted by Gasteiger charge is -2.31. The number of fused-ring (bicyclic) bond motifs is 1. The Kier molecular flexibility index (Phi) is 4.61. The van der Waals surface area contributed by atoms with Gasteiger partial charge in [-0.25, -0.2) is 14.1 Å². The number of amides is 1. The number of nitrogens with two attached hydrogens (primary N) is 1. The molecule has 0 aliphatic carbocycles. The Hall–Kier alpha value is -2.80. The molecule has 1 aromatic carbocycles. The zero-order valence-electron chi connectivity index (χ0n) is 15.2. The molecule has 27 heavy (non-hydrogen) atoms. The lowest BCUT2D eigenvalue weighted by Crippen LogP contribution is -2.40. The smallest absolute Gasteiger partial charge is 0.255 e. The Bertz CT molecular complexity index is 974. The zero-order valence-corrected chi connectivity index (χ0v) is 15.2. The first-order valence-electron chi connectivity index (χ1n) is 9.17. The van der Waals surface area contributed by atoms with Crippen molar-refractivity contribution in [1.82, 2.24) is 19.7 Å². The number of halogens is 1. The molecule has 3 aromatic rings. The van der Waals surface area contributed by atoms with E-state index in [4.69, 9.17) is 5.73 Å². The Morgan fingerprint density at radius 3 is 2.63 bits per heavy atom. The molecule has 0 saturated carbocycles. The van der Waals surface area contributed by atoms with Crippen LogP contribution >= 0.6 is 0 Å². The standard InChI is InChI=1S/C20H22FN5O/c1-13-18-10-15(20(27)25-8-6-14(11-22)7-9-25)12-23-19(18)26(24-13)17-4-2-16(21)3-5-17/h2-5,10,12,14H,6-9,11,22H2,1H3. The summed E-state index contributed by atoms with van der Waals surface area (Å²) >= 11 is 0. The summed E-state index contributed by atoms with van der Waals surface area (Å²) in [6.45, 7) is 4.02. The van der Waals surface area contributed by atoms with E-state index in [0.717, 1.165) is 42.7 Å². The van der Waals surface area contributed by atoms with Crippen molar-refractivity contribution >= 4 is 16.9 Å². The van der Waals surface area contributed by atoms with E-state index in [1.807, 2.05) is 17.9 Å². The maximum Gasteiger partial charge on any atom is 0.255 e. The first kappa shape index (κ1) is 17.6. The number of nitrogens with zero attached hydrogens (tertiary/aromatic N) is 4. The quantitative estimate of drug-likeness (QED) is 0.772. The Morgan fingerprint density at radius 2 is 1.96 bits per heavy atom. The number of benzene rings is 1. The molecule has 3 heterocycles. The van der Waals surface area contributed by atoms with E-state index in [9.17, 15) is 9.18 Å². The summed E-state index contributed by atoms with van der Waals surface area (Å²) in [6, 6.07) is 7.94. The molecule has 0 unspecified atom stereocenters. The van der Waals surface area contributed by atoms with Crippen molar-refractivity contribution in [3.8, 4) is 5.69 Å². The van der Waals surface area contributed by atoms with Gasteiger partial charge in [0, 0.05) is 24.7 Å². The van der Waals surface area contributed by atoms with Crippen molar-refractivity contribution in [2.45, 2.75) is 19.8 Å². The number of carbonyl (C=O) groups is 1. The fourth-order valence-corrected chi connectivity index (χ4v) is 3.58. The second kappa shape index (κ2) is 7.08. The molecule has 2 N–H and O–H groups in total. The number of likely N-dealkylation sites (tertiary alicyclic amines) is 1. The minimum atomic E-state index is -0.300. The van der Waals surface area contributed by atoms with Crippen LogP contribution in [0.3, 0.4) is 0 Å². The molecule has 140 valence electrons. The van der Waals surface area contributed by atoms with Crippen LogP contribution in [0.2, 0.25) is 0 Å². The first-order chi connectivity index (χ1) is 13.1. The van der Waals surface area contributed by atoms with Crippen molar-refractivity contribution in [2.75, 3.05) is 19.6 Å². The van der Waals surface area contributed by atoms with Gasteiger partial charge >= 0.3 is 0 Å². The summed E-state index contributed by atoms with van der Waals surface area (Å²) in [6.07, 6.45) is 3.49. The van der Waals surface area contributed by atoms with Crippen molar-refractivity contribution in [2.24, 2.45) is 11.7 Å². The summed E-state index contributed by atoms with van der Waals surface area (Å²) in [5.74, 6) is 0.200. The largest absolute Gasteiger partial charge is 0.339 e. The normalized spacial score (nSPS) is 15.4. The van der Waals surface area contributed by atoms with Gasteiger partial charge in [0.2, 0.25) is 0 Å². The van der Waals surface area contributed by atoms with Gasteiger partial charge in [0.1, 0.15) is 5.82 Å². The van der Waals surface area contributed by atoms with Crippen LogP contribution in [-0.4, -0.2) is 45.2 Å². The minimum absolute atomic E-state index is 0.00574. The summed E-state index contributed by atoms with van der Waals surface area (Å²) in [5, 5.41) is 5.34. The SMILES string of the molecule is Cc1nn(-c2ccc(F)cc2)c2ncc(C(=O)N3CCC(CN)CC3)cc12. The van der Waals surface area contributed by atoms with Crippen molar-refractivity contribution in [1.29, 1.82) is 0 Å². The van der Waals surface area contributed by atoms with E-state index in [-0.39, 0.29) is 11.7 Å². The molecule has 1 aliphatic rings. The van der Waals surface area contributed by atoms with Crippen LogP contribution in [0.1, 0.15) is 28.9 Å². The number of pyridine rings is 1. The highest BCUT2D eigenvalue weighted by molar-refractivity contribution is 5.97. The molecule has 6 nitrogen and oxygen atoms in total. The molecule has 0 atom stereocenters. The summed E-state index contributed by atoms with van der Waals surface area (Å²) in [5.41, 5.74) is 8.45. The number of aromatic nitrogens is 3. The Morgan fingerprint density at radius 1 is 1.26 bits per heavy atom. The van der Waals surface area contributed by atoms with Gasteiger partial charge in [-0.1, -0.05) is 0 Å².